The summed E-state index contributed by atoms with van der Waals surface area (Å²) in [5.41, 5.74) is 5.79. The van der Waals surface area contributed by atoms with E-state index in [1.807, 2.05) is 0 Å². The first kappa shape index (κ1) is 15.0. The van der Waals surface area contributed by atoms with Crippen LogP contribution in [0.15, 0.2) is 16.6 Å². The van der Waals surface area contributed by atoms with Crippen LogP contribution < -0.4 is 11.1 Å². The maximum absolute atomic E-state index is 13.1. The van der Waals surface area contributed by atoms with Crippen LogP contribution in [0.2, 0.25) is 0 Å². The smallest absolute Gasteiger partial charge is 0.252 e. The van der Waals surface area contributed by atoms with Crippen molar-refractivity contribution >= 4 is 27.5 Å². The number of rotatable bonds is 6. The number of nitrogen functional groups attached to an aromatic ring is 1. The fourth-order valence-corrected chi connectivity index (χ4v) is 2.08. The minimum Gasteiger partial charge on any atom is -0.396 e. The Morgan fingerprint density at radius 1 is 1.39 bits per heavy atom. The molecule has 3 nitrogen and oxygen atoms in total. The highest BCUT2D eigenvalue weighted by Crippen LogP contribution is 2.22. The molecule has 1 aromatic carbocycles. The molecule has 1 rings (SSSR count). The summed E-state index contributed by atoms with van der Waals surface area (Å²) < 4.78 is 13.5. The molecule has 0 atom stereocenters. The van der Waals surface area contributed by atoms with E-state index in [0.29, 0.717) is 16.6 Å². The van der Waals surface area contributed by atoms with Crippen LogP contribution in [0.4, 0.5) is 10.1 Å². The third-order valence-corrected chi connectivity index (χ3v) is 3.30. The van der Waals surface area contributed by atoms with E-state index in [4.69, 9.17) is 5.73 Å². The van der Waals surface area contributed by atoms with E-state index in [-0.39, 0.29) is 11.6 Å². The van der Waals surface area contributed by atoms with Gasteiger partial charge in [0.2, 0.25) is 0 Å². The van der Waals surface area contributed by atoms with Gasteiger partial charge in [-0.2, -0.15) is 0 Å². The molecule has 0 aliphatic rings. The second-order valence-corrected chi connectivity index (χ2v) is 5.02. The van der Waals surface area contributed by atoms with E-state index in [1.54, 1.807) is 0 Å². The molecule has 0 aliphatic carbocycles. The fraction of sp³-hybridized carbons (Fsp3) is 0.462. The molecule has 0 bridgehead atoms. The van der Waals surface area contributed by atoms with Gasteiger partial charge in [0.05, 0.1) is 11.3 Å². The largest absolute Gasteiger partial charge is 0.396 e. The first-order valence-electron chi connectivity index (χ1n) is 6.09. The van der Waals surface area contributed by atoms with Gasteiger partial charge in [-0.25, -0.2) is 4.39 Å². The lowest BCUT2D eigenvalue weighted by atomic mass is 10.1. The van der Waals surface area contributed by atoms with Crippen molar-refractivity contribution in [1.82, 2.24) is 5.32 Å². The average Bonchev–Trinajstić information content (AvgIpc) is 2.33. The summed E-state index contributed by atoms with van der Waals surface area (Å²) in [5, 5.41) is 2.80. The van der Waals surface area contributed by atoms with E-state index in [2.05, 4.69) is 28.2 Å². The molecule has 1 amide bonds. The average molecular weight is 317 g/mol. The van der Waals surface area contributed by atoms with Crippen molar-refractivity contribution in [2.75, 3.05) is 12.3 Å². The van der Waals surface area contributed by atoms with Crippen LogP contribution >= 0.6 is 15.9 Å². The van der Waals surface area contributed by atoms with Crippen molar-refractivity contribution in [3.63, 3.8) is 0 Å². The third-order valence-electron chi connectivity index (χ3n) is 2.65. The van der Waals surface area contributed by atoms with Gasteiger partial charge in [-0.15, -0.1) is 0 Å². The van der Waals surface area contributed by atoms with Crippen molar-refractivity contribution in [1.29, 1.82) is 0 Å². The summed E-state index contributed by atoms with van der Waals surface area (Å²) in [7, 11) is 0. The van der Waals surface area contributed by atoms with E-state index >= 15 is 0 Å². The number of nitrogens with one attached hydrogen (secondary N) is 1. The SMILES string of the molecule is CCCCCCNC(=O)c1cc(N)c(F)cc1Br. The van der Waals surface area contributed by atoms with Gasteiger partial charge in [0, 0.05) is 11.0 Å². The van der Waals surface area contributed by atoms with Crippen LogP contribution in [-0.2, 0) is 0 Å². The highest BCUT2D eigenvalue weighted by molar-refractivity contribution is 9.10. The van der Waals surface area contributed by atoms with Gasteiger partial charge in [0.25, 0.3) is 5.91 Å². The van der Waals surface area contributed by atoms with Crippen LogP contribution in [0.25, 0.3) is 0 Å². The molecule has 0 fully saturated rings. The quantitative estimate of drug-likeness (QED) is 0.623. The van der Waals surface area contributed by atoms with Gasteiger partial charge in [0.15, 0.2) is 0 Å². The maximum atomic E-state index is 13.1. The third kappa shape index (κ3) is 4.29. The Morgan fingerprint density at radius 2 is 2.11 bits per heavy atom. The number of anilines is 1. The Kier molecular flexibility index (Phi) is 6.12. The Bertz CT molecular complexity index is 424. The molecule has 1 aromatic rings. The van der Waals surface area contributed by atoms with Gasteiger partial charge in [0.1, 0.15) is 5.82 Å². The normalized spacial score (nSPS) is 10.4. The molecule has 0 aliphatic heterocycles. The van der Waals surface area contributed by atoms with Crippen molar-refractivity contribution in [3.05, 3.63) is 28.0 Å². The lowest BCUT2D eigenvalue weighted by molar-refractivity contribution is 0.0952. The van der Waals surface area contributed by atoms with Crippen LogP contribution in [0, 0.1) is 5.82 Å². The molecular formula is C13H18BrFN2O. The number of benzene rings is 1. The first-order chi connectivity index (χ1) is 8.56. The predicted octanol–water partition coefficient (Wildman–Crippen LogP) is 3.48. The number of amides is 1. The van der Waals surface area contributed by atoms with Crippen molar-refractivity contribution in [3.8, 4) is 0 Å². The summed E-state index contributed by atoms with van der Waals surface area (Å²) in [6, 6.07) is 2.56. The van der Waals surface area contributed by atoms with Crippen LogP contribution in [0.5, 0.6) is 0 Å². The van der Waals surface area contributed by atoms with Gasteiger partial charge in [-0.3, -0.25) is 4.79 Å². The number of carbonyl (C=O) groups is 1. The molecule has 5 heteroatoms. The zero-order valence-electron chi connectivity index (χ0n) is 10.4. The lowest BCUT2D eigenvalue weighted by Crippen LogP contribution is -2.25. The minimum absolute atomic E-state index is 0.0191. The topological polar surface area (TPSA) is 55.1 Å². The van der Waals surface area contributed by atoms with Crippen molar-refractivity contribution in [2.24, 2.45) is 0 Å². The van der Waals surface area contributed by atoms with Gasteiger partial charge >= 0.3 is 0 Å². The number of carbonyl (C=O) groups excluding carboxylic acids is 1. The van der Waals surface area contributed by atoms with Gasteiger partial charge in [-0.05, 0) is 34.5 Å². The number of nitrogens with two attached hydrogens (primary N) is 1. The van der Waals surface area contributed by atoms with Gasteiger partial charge < -0.3 is 11.1 Å². The van der Waals surface area contributed by atoms with Crippen molar-refractivity contribution in [2.45, 2.75) is 32.6 Å². The summed E-state index contributed by atoms with van der Waals surface area (Å²) in [6.07, 6.45) is 4.38. The molecule has 100 valence electrons. The fourth-order valence-electron chi connectivity index (χ4n) is 1.59. The molecule has 18 heavy (non-hydrogen) atoms. The van der Waals surface area contributed by atoms with E-state index < -0.39 is 5.82 Å². The summed E-state index contributed by atoms with van der Waals surface area (Å²) in [5.74, 6) is -0.758. The maximum Gasteiger partial charge on any atom is 0.252 e. The minimum atomic E-state index is -0.527. The zero-order valence-corrected chi connectivity index (χ0v) is 12.0. The molecular weight excluding hydrogens is 299 g/mol. The van der Waals surface area contributed by atoms with E-state index in [1.165, 1.54) is 18.6 Å². The highest BCUT2D eigenvalue weighted by atomic mass is 79.9. The first-order valence-corrected chi connectivity index (χ1v) is 6.88. The molecule has 0 heterocycles. The monoisotopic (exact) mass is 316 g/mol. The van der Waals surface area contributed by atoms with Gasteiger partial charge in [-0.1, -0.05) is 26.2 Å². The second-order valence-electron chi connectivity index (χ2n) is 4.17. The Labute approximate surface area is 115 Å². The summed E-state index contributed by atoms with van der Waals surface area (Å²) >= 11 is 3.16. The number of unbranched alkanes of at least 4 members (excludes halogenated alkanes) is 3. The standard InChI is InChI=1S/C13H18BrFN2O/c1-2-3-4-5-6-17-13(18)9-7-12(16)11(15)8-10(9)14/h7-8H,2-6,16H2,1H3,(H,17,18). The Morgan fingerprint density at radius 3 is 2.78 bits per heavy atom. The van der Waals surface area contributed by atoms with Crippen LogP contribution in [0.3, 0.4) is 0 Å². The molecule has 0 saturated carbocycles. The Hall–Kier alpha value is -1.10. The summed E-state index contributed by atoms with van der Waals surface area (Å²) in [6.45, 7) is 2.76. The molecule has 0 saturated heterocycles. The summed E-state index contributed by atoms with van der Waals surface area (Å²) in [4.78, 5) is 11.8. The van der Waals surface area contributed by atoms with Crippen LogP contribution in [-0.4, -0.2) is 12.5 Å². The molecule has 0 unspecified atom stereocenters. The molecule has 0 aromatic heterocycles. The number of hydrogen-bond acceptors (Lipinski definition) is 2. The van der Waals surface area contributed by atoms with E-state index in [0.717, 1.165) is 19.3 Å². The lowest BCUT2D eigenvalue weighted by Gasteiger charge is -2.08. The highest BCUT2D eigenvalue weighted by Gasteiger charge is 2.12. The van der Waals surface area contributed by atoms with Crippen molar-refractivity contribution < 1.29 is 9.18 Å². The Balaban J connectivity index is 2.54. The second kappa shape index (κ2) is 7.36. The molecule has 0 spiro atoms. The predicted molar refractivity (Wildman–Crippen MR) is 75.0 cm³/mol. The molecule has 3 N–H and O–H groups in total. The zero-order chi connectivity index (χ0) is 13.5. The van der Waals surface area contributed by atoms with E-state index in [9.17, 15) is 9.18 Å². The van der Waals surface area contributed by atoms with Crippen LogP contribution in [0.1, 0.15) is 43.0 Å². The number of hydrogen-bond donors (Lipinski definition) is 2. The number of halogens is 2. The molecule has 0 radical (unpaired) electrons.